The van der Waals surface area contributed by atoms with Crippen molar-refractivity contribution in [2.45, 2.75) is 26.9 Å². The average Bonchev–Trinajstić information content (AvgIpc) is 3.04. The summed E-state index contributed by atoms with van der Waals surface area (Å²) in [6, 6.07) is 6.27. The van der Waals surface area contributed by atoms with Gasteiger partial charge in [0.1, 0.15) is 16.2 Å². The summed E-state index contributed by atoms with van der Waals surface area (Å²) in [5, 5.41) is 8.74. The van der Waals surface area contributed by atoms with Crippen molar-refractivity contribution < 1.29 is 4.39 Å². The number of rotatable bonds is 4. The van der Waals surface area contributed by atoms with E-state index in [2.05, 4.69) is 31.1 Å². The van der Waals surface area contributed by atoms with E-state index < -0.39 is 0 Å². The standard InChI is InChI=1S/C15H15BrFN5/c1-3-21-14(16)12(8-18-21)9-22-15(19-10(2)20-22)11-4-6-13(17)7-5-11/h4-8H,3,9H2,1-2H3. The number of nitrogens with zero attached hydrogens (tertiary/aromatic N) is 5. The number of aryl methyl sites for hydroxylation is 2. The number of benzene rings is 1. The lowest BCUT2D eigenvalue weighted by Crippen LogP contribution is -2.05. The van der Waals surface area contributed by atoms with Gasteiger partial charge in [-0.15, -0.1) is 0 Å². The van der Waals surface area contributed by atoms with Gasteiger partial charge in [0, 0.05) is 17.7 Å². The Kier molecular flexibility index (Phi) is 4.06. The van der Waals surface area contributed by atoms with Crippen molar-refractivity contribution in [3.8, 4) is 11.4 Å². The average molecular weight is 364 g/mol. The molecule has 114 valence electrons. The monoisotopic (exact) mass is 363 g/mol. The second-order valence-electron chi connectivity index (χ2n) is 4.92. The van der Waals surface area contributed by atoms with E-state index in [0.29, 0.717) is 18.2 Å². The van der Waals surface area contributed by atoms with Crippen LogP contribution in [-0.2, 0) is 13.1 Å². The Labute approximate surface area is 135 Å². The van der Waals surface area contributed by atoms with E-state index in [0.717, 1.165) is 22.3 Å². The van der Waals surface area contributed by atoms with Crippen LogP contribution >= 0.6 is 15.9 Å². The van der Waals surface area contributed by atoms with Crippen LogP contribution in [-0.4, -0.2) is 24.5 Å². The Morgan fingerprint density at radius 1 is 1.18 bits per heavy atom. The minimum absolute atomic E-state index is 0.265. The normalized spacial score (nSPS) is 11.1. The van der Waals surface area contributed by atoms with Gasteiger partial charge in [-0.3, -0.25) is 4.68 Å². The Balaban J connectivity index is 1.97. The van der Waals surface area contributed by atoms with E-state index in [1.165, 1.54) is 12.1 Å². The SMILES string of the molecule is CCn1ncc(Cn2nc(C)nc2-c2ccc(F)cc2)c1Br. The maximum absolute atomic E-state index is 13.1. The number of hydrogen-bond donors (Lipinski definition) is 0. The van der Waals surface area contributed by atoms with Crippen molar-refractivity contribution in [1.82, 2.24) is 24.5 Å². The maximum Gasteiger partial charge on any atom is 0.158 e. The topological polar surface area (TPSA) is 48.5 Å². The maximum atomic E-state index is 13.1. The molecule has 0 aliphatic carbocycles. The van der Waals surface area contributed by atoms with Crippen LogP contribution in [0.3, 0.4) is 0 Å². The molecular weight excluding hydrogens is 349 g/mol. The van der Waals surface area contributed by atoms with Crippen molar-refractivity contribution >= 4 is 15.9 Å². The van der Waals surface area contributed by atoms with E-state index in [9.17, 15) is 4.39 Å². The van der Waals surface area contributed by atoms with E-state index >= 15 is 0 Å². The fourth-order valence-corrected chi connectivity index (χ4v) is 2.85. The molecule has 3 rings (SSSR count). The first-order valence-electron chi connectivity index (χ1n) is 6.96. The fourth-order valence-electron chi connectivity index (χ4n) is 2.28. The second kappa shape index (κ2) is 6.00. The lowest BCUT2D eigenvalue weighted by atomic mass is 10.2. The van der Waals surface area contributed by atoms with Crippen LogP contribution in [0.2, 0.25) is 0 Å². The molecule has 0 atom stereocenters. The molecule has 0 saturated heterocycles. The molecule has 0 N–H and O–H groups in total. The molecule has 1 aromatic carbocycles. The van der Waals surface area contributed by atoms with Crippen molar-refractivity contribution in [3.05, 3.63) is 52.3 Å². The van der Waals surface area contributed by atoms with Crippen LogP contribution < -0.4 is 0 Å². The Bertz CT molecular complexity index is 791. The fraction of sp³-hybridized carbons (Fsp3) is 0.267. The molecule has 0 saturated carbocycles. The molecule has 0 radical (unpaired) electrons. The van der Waals surface area contributed by atoms with Gasteiger partial charge in [-0.25, -0.2) is 14.1 Å². The zero-order valence-electron chi connectivity index (χ0n) is 12.3. The van der Waals surface area contributed by atoms with Crippen LogP contribution in [0.5, 0.6) is 0 Å². The van der Waals surface area contributed by atoms with Gasteiger partial charge in [-0.05, 0) is 54.0 Å². The molecule has 7 heteroatoms. The highest BCUT2D eigenvalue weighted by Gasteiger charge is 2.14. The first-order chi connectivity index (χ1) is 10.6. The predicted octanol–water partition coefficient (Wildman–Crippen LogP) is 3.42. The van der Waals surface area contributed by atoms with Crippen LogP contribution in [0.25, 0.3) is 11.4 Å². The lowest BCUT2D eigenvalue weighted by Gasteiger charge is -2.06. The summed E-state index contributed by atoms with van der Waals surface area (Å²) in [5.41, 5.74) is 1.86. The third-order valence-corrected chi connectivity index (χ3v) is 4.26. The highest BCUT2D eigenvalue weighted by atomic mass is 79.9. The van der Waals surface area contributed by atoms with Crippen molar-refractivity contribution in [3.63, 3.8) is 0 Å². The molecule has 0 fully saturated rings. The number of aromatic nitrogens is 5. The lowest BCUT2D eigenvalue weighted by molar-refractivity contribution is 0.627. The largest absolute Gasteiger partial charge is 0.258 e. The van der Waals surface area contributed by atoms with E-state index in [4.69, 9.17) is 0 Å². The zero-order chi connectivity index (χ0) is 15.7. The molecule has 5 nitrogen and oxygen atoms in total. The second-order valence-corrected chi connectivity index (χ2v) is 5.67. The Morgan fingerprint density at radius 2 is 1.91 bits per heavy atom. The van der Waals surface area contributed by atoms with E-state index in [1.807, 2.05) is 29.4 Å². The number of hydrogen-bond acceptors (Lipinski definition) is 3. The summed E-state index contributed by atoms with van der Waals surface area (Å²) in [7, 11) is 0. The molecular formula is C15H15BrFN5. The van der Waals surface area contributed by atoms with Gasteiger partial charge in [0.25, 0.3) is 0 Å². The highest BCUT2D eigenvalue weighted by Crippen LogP contribution is 2.22. The summed E-state index contributed by atoms with van der Waals surface area (Å²) in [6.45, 7) is 5.22. The molecule has 2 heterocycles. The van der Waals surface area contributed by atoms with E-state index in [1.54, 1.807) is 12.1 Å². The molecule has 22 heavy (non-hydrogen) atoms. The summed E-state index contributed by atoms with van der Waals surface area (Å²) in [4.78, 5) is 4.45. The quantitative estimate of drug-likeness (QED) is 0.713. The van der Waals surface area contributed by atoms with Gasteiger partial charge in [-0.1, -0.05) is 0 Å². The van der Waals surface area contributed by atoms with Gasteiger partial charge < -0.3 is 0 Å². The smallest absolute Gasteiger partial charge is 0.158 e. The Morgan fingerprint density at radius 3 is 2.55 bits per heavy atom. The highest BCUT2D eigenvalue weighted by molar-refractivity contribution is 9.10. The third-order valence-electron chi connectivity index (χ3n) is 3.34. The van der Waals surface area contributed by atoms with E-state index in [-0.39, 0.29) is 5.82 Å². The summed E-state index contributed by atoms with van der Waals surface area (Å²) >= 11 is 3.56. The van der Waals surface area contributed by atoms with Gasteiger partial charge >= 0.3 is 0 Å². The van der Waals surface area contributed by atoms with Crippen LogP contribution in [0, 0.1) is 12.7 Å². The minimum Gasteiger partial charge on any atom is -0.258 e. The van der Waals surface area contributed by atoms with Crippen LogP contribution in [0.4, 0.5) is 4.39 Å². The van der Waals surface area contributed by atoms with Gasteiger partial charge in [0.05, 0.1) is 12.7 Å². The zero-order valence-corrected chi connectivity index (χ0v) is 13.9. The van der Waals surface area contributed by atoms with Crippen molar-refractivity contribution in [1.29, 1.82) is 0 Å². The van der Waals surface area contributed by atoms with Gasteiger partial charge in [0.2, 0.25) is 0 Å². The number of halogens is 2. The predicted molar refractivity (Wildman–Crippen MR) is 84.9 cm³/mol. The summed E-state index contributed by atoms with van der Waals surface area (Å²) < 4.78 is 17.7. The van der Waals surface area contributed by atoms with Gasteiger partial charge in [-0.2, -0.15) is 10.2 Å². The summed E-state index contributed by atoms with van der Waals surface area (Å²) in [6.07, 6.45) is 1.82. The van der Waals surface area contributed by atoms with Gasteiger partial charge in [0.15, 0.2) is 5.82 Å². The van der Waals surface area contributed by atoms with Crippen molar-refractivity contribution in [2.75, 3.05) is 0 Å². The first kappa shape index (κ1) is 14.9. The molecule has 0 aliphatic rings. The van der Waals surface area contributed by atoms with Crippen LogP contribution in [0.1, 0.15) is 18.3 Å². The van der Waals surface area contributed by atoms with Crippen molar-refractivity contribution in [2.24, 2.45) is 0 Å². The molecule has 0 bridgehead atoms. The minimum atomic E-state index is -0.265. The molecule has 0 amide bonds. The van der Waals surface area contributed by atoms with Crippen LogP contribution in [0.15, 0.2) is 35.1 Å². The molecule has 3 aromatic rings. The Hall–Kier alpha value is -2.02. The summed E-state index contributed by atoms with van der Waals surface area (Å²) in [5.74, 6) is 1.13. The molecule has 2 aromatic heterocycles. The molecule has 0 unspecified atom stereocenters. The molecule has 0 aliphatic heterocycles. The molecule has 0 spiro atoms. The first-order valence-corrected chi connectivity index (χ1v) is 7.75. The third kappa shape index (κ3) is 2.81.